The van der Waals surface area contributed by atoms with Crippen LogP contribution in [0, 0.1) is 0 Å². The van der Waals surface area contributed by atoms with Gasteiger partial charge in [-0.3, -0.25) is 4.98 Å². The molecule has 0 bridgehead atoms. The first-order valence-electron chi connectivity index (χ1n) is 7.09. The van der Waals surface area contributed by atoms with Crippen LogP contribution in [0.4, 0.5) is 0 Å². The smallest absolute Gasteiger partial charge is 0.0705 e. The fourth-order valence-electron chi connectivity index (χ4n) is 2.49. The van der Waals surface area contributed by atoms with Crippen molar-refractivity contribution in [2.24, 2.45) is 0 Å². The van der Waals surface area contributed by atoms with E-state index in [9.17, 15) is 0 Å². The molecule has 0 saturated carbocycles. The minimum Gasteiger partial charge on any atom is -0.309 e. The second-order valence-electron chi connectivity index (χ2n) is 4.94. The van der Waals surface area contributed by atoms with E-state index in [0.717, 1.165) is 24.2 Å². The van der Waals surface area contributed by atoms with Crippen LogP contribution in [0.3, 0.4) is 0 Å². The van der Waals surface area contributed by atoms with Crippen molar-refractivity contribution in [1.29, 1.82) is 0 Å². The average Bonchev–Trinajstić information content (AvgIpc) is 2.93. The van der Waals surface area contributed by atoms with Gasteiger partial charge in [-0.25, -0.2) is 0 Å². The van der Waals surface area contributed by atoms with E-state index in [1.165, 1.54) is 14.7 Å². The molecule has 4 heteroatoms. The van der Waals surface area contributed by atoms with Crippen LogP contribution in [0.5, 0.6) is 0 Å². The summed E-state index contributed by atoms with van der Waals surface area (Å²) in [5.41, 5.74) is 2.19. The van der Waals surface area contributed by atoms with Gasteiger partial charge >= 0.3 is 0 Å². The van der Waals surface area contributed by atoms with Crippen LogP contribution in [0.2, 0.25) is 0 Å². The Morgan fingerprint density at radius 2 is 2.05 bits per heavy atom. The number of para-hydroxylation sites is 1. The maximum atomic E-state index is 4.79. The Labute approximate surface area is 137 Å². The minimum absolute atomic E-state index is 0.304. The molecule has 1 unspecified atom stereocenters. The fraction of sp³-hybridized carbons (Fsp3) is 0.235. The van der Waals surface area contributed by atoms with Gasteiger partial charge in [0.1, 0.15) is 0 Å². The van der Waals surface area contributed by atoms with Gasteiger partial charge in [0.25, 0.3) is 0 Å². The normalized spacial score (nSPS) is 12.7. The average molecular weight is 361 g/mol. The molecule has 2 nitrogen and oxygen atoms in total. The first-order chi connectivity index (χ1) is 10.3. The molecule has 0 saturated heterocycles. The second-order valence-corrected chi connectivity index (χ2v) is 6.74. The number of halogens is 1. The van der Waals surface area contributed by atoms with Gasteiger partial charge < -0.3 is 5.32 Å². The molecule has 0 aliphatic carbocycles. The summed E-state index contributed by atoms with van der Waals surface area (Å²) in [6, 6.07) is 15.0. The number of rotatable bonds is 5. The summed E-state index contributed by atoms with van der Waals surface area (Å²) in [7, 11) is 0. The largest absolute Gasteiger partial charge is 0.309 e. The van der Waals surface area contributed by atoms with Gasteiger partial charge in [0.05, 0.1) is 5.52 Å². The predicted octanol–water partition coefficient (Wildman–Crippen LogP) is 4.95. The topological polar surface area (TPSA) is 24.9 Å². The molecule has 1 atom stereocenters. The number of pyridine rings is 1. The summed E-state index contributed by atoms with van der Waals surface area (Å²) in [5.74, 6) is 0. The number of benzene rings is 1. The summed E-state index contributed by atoms with van der Waals surface area (Å²) in [6.45, 7) is 3.09. The Balaban J connectivity index is 1.89. The lowest BCUT2D eigenvalue weighted by atomic mass is 10.1. The third-order valence-electron chi connectivity index (χ3n) is 3.48. The molecule has 0 aliphatic rings. The monoisotopic (exact) mass is 360 g/mol. The van der Waals surface area contributed by atoms with Crippen molar-refractivity contribution in [1.82, 2.24) is 10.3 Å². The lowest BCUT2D eigenvalue weighted by Crippen LogP contribution is -2.22. The lowest BCUT2D eigenvalue weighted by molar-refractivity contribution is 0.551. The number of hydrogen-bond donors (Lipinski definition) is 1. The van der Waals surface area contributed by atoms with Crippen molar-refractivity contribution in [3.63, 3.8) is 0 Å². The number of thiophene rings is 1. The standard InChI is InChI=1S/C17H17BrN2S/c1-2-19-16(17-14(18)9-10-21-17)11-13-8-7-12-5-3-4-6-15(12)20-13/h3-10,16,19H,2,11H2,1H3. The van der Waals surface area contributed by atoms with Crippen LogP contribution in [-0.4, -0.2) is 11.5 Å². The van der Waals surface area contributed by atoms with Crippen molar-refractivity contribution < 1.29 is 0 Å². The summed E-state index contributed by atoms with van der Waals surface area (Å²) >= 11 is 5.42. The zero-order valence-electron chi connectivity index (χ0n) is 11.8. The van der Waals surface area contributed by atoms with E-state index in [0.29, 0.717) is 6.04 Å². The summed E-state index contributed by atoms with van der Waals surface area (Å²) in [6.07, 6.45) is 0.901. The molecular formula is C17H17BrN2S. The maximum absolute atomic E-state index is 4.79. The highest BCUT2D eigenvalue weighted by Crippen LogP contribution is 2.31. The number of aromatic nitrogens is 1. The first-order valence-corrected chi connectivity index (χ1v) is 8.76. The Bertz CT molecular complexity index is 738. The Kier molecular flexibility index (Phi) is 4.68. The van der Waals surface area contributed by atoms with Crippen LogP contribution in [0.15, 0.2) is 52.3 Å². The fourth-order valence-corrected chi connectivity index (χ4v) is 4.22. The van der Waals surface area contributed by atoms with E-state index in [1.807, 2.05) is 12.1 Å². The van der Waals surface area contributed by atoms with Crippen LogP contribution in [0.25, 0.3) is 10.9 Å². The zero-order chi connectivity index (χ0) is 14.7. The van der Waals surface area contributed by atoms with Crippen molar-refractivity contribution in [2.45, 2.75) is 19.4 Å². The number of nitrogens with one attached hydrogen (secondary N) is 1. The Morgan fingerprint density at radius 3 is 2.81 bits per heavy atom. The van der Waals surface area contributed by atoms with Crippen LogP contribution in [0.1, 0.15) is 23.5 Å². The van der Waals surface area contributed by atoms with Gasteiger partial charge in [0, 0.05) is 32.9 Å². The first kappa shape index (κ1) is 14.7. The third-order valence-corrected chi connectivity index (χ3v) is 5.47. The minimum atomic E-state index is 0.304. The van der Waals surface area contributed by atoms with E-state index < -0.39 is 0 Å². The summed E-state index contributed by atoms with van der Waals surface area (Å²) in [4.78, 5) is 6.13. The summed E-state index contributed by atoms with van der Waals surface area (Å²) < 4.78 is 1.18. The molecule has 0 radical (unpaired) electrons. The number of hydrogen-bond acceptors (Lipinski definition) is 3. The number of fused-ring (bicyclic) bond motifs is 1. The SMILES string of the molecule is CCNC(Cc1ccc2ccccc2n1)c1sccc1Br. The second kappa shape index (κ2) is 6.69. The van der Waals surface area contributed by atoms with Crippen LogP contribution >= 0.6 is 27.3 Å². The van der Waals surface area contributed by atoms with Gasteiger partial charge in [0.2, 0.25) is 0 Å². The van der Waals surface area contributed by atoms with Gasteiger partial charge in [-0.1, -0.05) is 31.2 Å². The molecule has 1 N–H and O–H groups in total. The molecular weight excluding hydrogens is 344 g/mol. The highest BCUT2D eigenvalue weighted by molar-refractivity contribution is 9.10. The maximum Gasteiger partial charge on any atom is 0.0705 e. The van der Waals surface area contributed by atoms with Gasteiger partial charge in [0.15, 0.2) is 0 Å². The summed E-state index contributed by atoms with van der Waals surface area (Å²) in [5, 5.41) is 6.88. The molecule has 3 rings (SSSR count). The number of likely N-dealkylation sites (N-methyl/N-ethyl adjacent to an activating group) is 1. The van der Waals surface area contributed by atoms with E-state index in [2.05, 4.69) is 63.9 Å². The van der Waals surface area contributed by atoms with Crippen LogP contribution in [-0.2, 0) is 6.42 Å². The molecule has 0 spiro atoms. The molecule has 2 aromatic heterocycles. The highest BCUT2D eigenvalue weighted by Gasteiger charge is 2.16. The molecule has 0 fully saturated rings. The van der Waals surface area contributed by atoms with E-state index in [-0.39, 0.29) is 0 Å². The predicted molar refractivity (Wildman–Crippen MR) is 93.9 cm³/mol. The lowest BCUT2D eigenvalue weighted by Gasteiger charge is -2.17. The van der Waals surface area contributed by atoms with Crippen molar-refractivity contribution in [2.75, 3.05) is 6.54 Å². The van der Waals surface area contributed by atoms with Crippen molar-refractivity contribution >= 4 is 38.2 Å². The molecule has 1 aromatic carbocycles. The van der Waals surface area contributed by atoms with Gasteiger partial charge in [-0.15, -0.1) is 11.3 Å². The molecule has 108 valence electrons. The molecule has 2 heterocycles. The van der Waals surface area contributed by atoms with Crippen molar-refractivity contribution in [3.8, 4) is 0 Å². The molecule has 21 heavy (non-hydrogen) atoms. The molecule has 3 aromatic rings. The van der Waals surface area contributed by atoms with Gasteiger partial charge in [-0.2, -0.15) is 0 Å². The Morgan fingerprint density at radius 1 is 1.19 bits per heavy atom. The molecule has 0 aliphatic heterocycles. The highest BCUT2D eigenvalue weighted by atomic mass is 79.9. The third kappa shape index (κ3) is 3.34. The van der Waals surface area contributed by atoms with E-state index >= 15 is 0 Å². The van der Waals surface area contributed by atoms with Gasteiger partial charge in [-0.05, 0) is 46.1 Å². The quantitative estimate of drug-likeness (QED) is 0.695. The number of nitrogens with zero attached hydrogens (tertiary/aromatic N) is 1. The Hall–Kier alpha value is -1.23. The zero-order valence-corrected chi connectivity index (χ0v) is 14.2. The molecule has 0 amide bonds. The van der Waals surface area contributed by atoms with Crippen LogP contribution < -0.4 is 5.32 Å². The van der Waals surface area contributed by atoms with E-state index in [4.69, 9.17) is 4.98 Å². The van der Waals surface area contributed by atoms with Crippen molar-refractivity contribution in [3.05, 3.63) is 62.9 Å². The van der Waals surface area contributed by atoms with E-state index in [1.54, 1.807) is 11.3 Å².